The van der Waals surface area contributed by atoms with E-state index in [1.807, 2.05) is 14.1 Å². The van der Waals surface area contributed by atoms with Crippen LogP contribution >= 0.6 is 0 Å². The Morgan fingerprint density at radius 1 is 1.11 bits per heavy atom. The lowest BCUT2D eigenvalue weighted by Crippen LogP contribution is -2.50. The van der Waals surface area contributed by atoms with Gasteiger partial charge in [-0.1, -0.05) is 42.7 Å². The van der Waals surface area contributed by atoms with Crippen LogP contribution in [0, 0.1) is 12.3 Å². The van der Waals surface area contributed by atoms with Crippen molar-refractivity contribution in [2.24, 2.45) is 10.4 Å². The molecule has 0 spiro atoms. The van der Waals surface area contributed by atoms with E-state index in [0.29, 0.717) is 6.54 Å². The van der Waals surface area contributed by atoms with Gasteiger partial charge in [0.2, 0.25) is 5.91 Å². The third kappa shape index (κ3) is 5.47. The van der Waals surface area contributed by atoms with Gasteiger partial charge in [0.15, 0.2) is 5.96 Å². The Hall–Kier alpha value is -2.08. The Labute approximate surface area is 170 Å². The first-order valence-corrected chi connectivity index (χ1v) is 10.2. The standard InChI is InChI=1S/C22H37N5O/c1-17-9-11-18(12-10-17)19(26(3)4)15-24-21(23-2)25-16-22(13-7-8-14-22)20(28)27(5)6/h9-12,19H,7-8,13-16H2,1-6H3,(H2,23,24,25). The van der Waals surface area contributed by atoms with Gasteiger partial charge in [-0.2, -0.15) is 0 Å². The van der Waals surface area contributed by atoms with Crippen LogP contribution in [0.1, 0.15) is 42.9 Å². The van der Waals surface area contributed by atoms with Crippen molar-refractivity contribution in [3.8, 4) is 0 Å². The maximum Gasteiger partial charge on any atom is 0.230 e. The van der Waals surface area contributed by atoms with Crippen molar-refractivity contribution in [1.29, 1.82) is 0 Å². The van der Waals surface area contributed by atoms with E-state index in [9.17, 15) is 4.79 Å². The normalized spacial score (nSPS) is 17.5. The SMILES string of the molecule is CN=C(NCC(c1ccc(C)cc1)N(C)C)NCC1(C(=O)N(C)C)CCCC1. The summed E-state index contributed by atoms with van der Waals surface area (Å²) in [6.07, 6.45) is 4.11. The van der Waals surface area contributed by atoms with Crippen molar-refractivity contribution in [1.82, 2.24) is 20.4 Å². The van der Waals surface area contributed by atoms with Gasteiger partial charge in [0.25, 0.3) is 0 Å². The lowest BCUT2D eigenvalue weighted by molar-refractivity contribution is -0.138. The molecule has 2 rings (SSSR count). The number of amides is 1. The van der Waals surface area contributed by atoms with E-state index < -0.39 is 0 Å². The zero-order chi connectivity index (χ0) is 20.7. The minimum Gasteiger partial charge on any atom is -0.355 e. The molecule has 0 aliphatic heterocycles. The second kappa shape index (κ2) is 9.92. The van der Waals surface area contributed by atoms with Crippen LogP contribution in [-0.4, -0.2) is 70.0 Å². The van der Waals surface area contributed by atoms with Crippen LogP contribution in [0.25, 0.3) is 0 Å². The first kappa shape index (κ1) is 22.2. The molecule has 1 aromatic carbocycles. The second-order valence-corrected chi connectivity index (χ2v) is 8.38. The van der Waals surface area contributed by atoms with Gasteiger partial charge in [-0.3, -0.25) is 9.79 Å². The molecule has 28 heavy (non-hydrogen) atoms. The highest BCUT2D eigenvalue weighted by atomic mass is 16.2. The summed E-state index contributed by atoms with van der Waals surface area (Å²) in [4.78, 5) is 21.1. The fourth-order valence-electron chi connectivity index (χ4n) is 4.05. The minimum absolute atomic E-state index is 0.221. The number of carbonyl (C=O) groups is 1. The predicted octanol–water partition coefficient (Wildman–Crippen LogP) is 2.41. The summed E-state index contributed by atoms with van der Waals surface area (Å²) in [6, 6.07) is 8.90. The fourth-order valence-corrected chi connectivity index (χ4v) is 4.05. The molecule has 6 nitrogen and oxygen atoms in total. The lowest BCUT2D eigenvalue weighted by Gasteiger charge is -2.32. The molecule has 1 aliphatic carbocycles. The van der Waals surface area contributed by atoms with Crippen molar-refractivity contribution < 1.29 is 4.79 Å². The third-order valence-electron chi connectivity index (χ3n) is 5.79. The van der Waals surface area contributed by atoms with Gasteiger partial charge in [-0.15, -0.1) is 0 Å². The summed E-state index contributed by atoms with van der Waals surface area (Å²) in [7, 11) is 9.65. The van der Waals surface area contributed by atoms with Crippen LogP contribution in [0.5, 0.6) is 0 Å². The van der Waals surface area contributed by atoms with Crippen LogP contribution in [-0.2, 0) is 4.79 Å². The van der Waals surface area contributed by atoms with Crippen molar-refractivity contribution >= 4 is 11.9 Å². The summed E-state index contributed by atoms with van der Waals surface area (Å²) in [5.74, 6) is 0.968. The molecule has 1 fully saturated rings. The van der Waals surface area contributed by atoms with Gasteiger partial charge in [-0.25, -0.2) is 0 Å². The van der Waals surface area contributed by atoms with Crippen LogP contribution in [0.15, 0.2) is 29.3 Å². The Bertz CT molecular complexity index is 660. The molecule has 156 valence electrons. The van der Waals surface area contributed by atoms with Gasteiger partial charge in [-0.05, 0) is 39.4 Å². The van der Waals surface area contributed by atoms with Gasteiger partial charge in [0.1, 0.15) is 0 Å². The highest BCUT2D eigenvalue weighted by molar-refractivity contribution is 5.85. The summed E-state index contributed by atoms with van der Waals surface area (Å²) < 4.78 is 0. The van der Waals surface area contributed by atoms with Crippen LogP contribution in [0.3, 0.4) is 0 Å². The molecule has 0 radical (unpaired) electrons. The zero-order valence-corrected chi connectivity index (χ0v) is 18.4. The lowest BCUT2D eigenvalue weighted by atomic mass is 9.84. The van der Waals surface area contributed by atoms with Gasteiger partial charge in [0.05, 0.1) is 11.5 Å². The third-order valence-corrected chi connectivity index (χ3v) is 5.79. The van der Waals surface area contributed by atoms with E-state index in [2.05, 4.69) is 65.8 Å². The Morgan fingerprint density at radius 2 is 1.71 bits per heavy atom. The van der Waals surface area contributed by atoms with E-state index >= 15 is 0 Å². The summed E-state index contributed by atoms with van der Waals surface area (Å²) in [5, 5.41) is 6.86. The van der Waals surface area contributed by atoms with Gasteiger partial charge < -0.3 is 20.4 Å². The van der Waals surface area contributed by atoms with E-state index in [1.165, 1.54) is 11.1 Å². The van der Waals surface area contributed by atoms with Crippen LogP contribution < -0.4 is 10.6 Å². The number of hydrogen-bond donors (Lipinski definition) is 2. The molecule has 1 saturated carbocycles. The van der Waals surface area contributed by atoms with Crippen LogP contribution in [0.4, 0.5) is 0 Å². The van der Waals surface area contributed by atoms with E-state index in [0.717, 1.165) is 38.2 Å². The smallest absolute Gasteiger partial charge is 0.230 e. The van der Waals surface area contributed by atoms with E-state index in [1.54, 1.807) is 11.9 Å². The fraction of sp³-hybridized carbons (Fsp3) is 0.636. The number of rotatable bonds is 7. The average molecular weight is 388 g/mol. The van der Waals surface area contributed by atoms with E-state index in [4.69, 9.17) is 0 Å². The molecule has 0 heterocycles. The Morgan fingerprint density at radius 3 is 2.21 bits per heavy atom. The first-order valence-electron chi connectivity index (χ1n) is 10.2. The molecule has 1 amide bonds. The molecule has 0 bridgehead atoms. The van der Waals surface area contributed by atoms with E-state index in [-0.39, 0.29) is 17.4 Å². The van der Waals surface area contributed by atoms with Gasteiger partial charge in [0, 0.05) is 34.2 Å². The number of likely N-dealkylation sites (N-methyl/N-ethyl adjacent to an activating group) is 1. The maximum absolute atomic E-state index is 12.8. The largest absolute Gasteiger partial charge is 0.355 e. The Balaban J connectivity index is 1.99. The topological polar surface area (TPSA) is 60.0 Å². The number of hydrogen-bond acceptors (Lipinski definition) is 3. The molecule has 0 saturated heterocycles. The average Bonchev–Trinajstić information content (AvgIpc) is 3.14. The number of nitrogens with zero attached hydrogens (tertiary/aromatic N) is 3. The molecule has 1 aliphatic rings. The number of benzene rings is 1. The van der Waals surface area contributed by atoms with Crippen molar-refractivity contribution in [3.63, 3.8) is 0 Å². The molecule has 6 heteroatoms. The second-order valence-electron chi connectivity index (χ2n) is 8.38. The van der Waals surface area contributed by atoms with Gasteiger partial charge >= 0.3 is 0 Å². The predicted molar refractivity (Wildman–Crippen MR) is 117 cm³/mol. The monoisotopic (exact) mass is 387 g/mol. The zero-order valence-electron chi connectivity index (χ0n) is 18.4. The minimum atomic E-state index is -0.307. The quantitative estimate of drug-likeness (QED) is 0.557. The number of aliphatic imine (C=N–C) groups is 1. The summed E-state index contributed by atoms with van der Waals surface area (Å²) >= 11 is 0. The summed E-state index contributed by atoms with van der Waals surface area (Å²) in [5.41, 5.74) is 2.23. The highest BCUT2D eigenvalue weighted by Gasteiger charge is 2.42. The first-order chi connectivity index (χ1) is 13.3. The molecule has 2 N–H and O–H groups in total. The molecular weight excluding hydrogens is 350 g/mol. The van der Waals surface area contributed by atoms with Crippen LogP contribution in [0.2, 0.25) is 0 Å². The molecule has 0 aromatic heterocycles. The van der Waals surface area contributed by atoms with Crippen molar-refractivity contribution in [2.75, 3.05) is 48.3 Å². The van der Waals surface area contributed by atoms with Crippen molar-refractivity contribution in [3.05, 3.63) is 35.4 Å². The summed E-state index contributed by atoms with van der Waals surface area (Å²) in [6.45, 7) is 3.47. The maximum atomic E-state index is 12.8. The molecule has 1 unspecified atom stereocenters. The Kier molecular flexibility index (Phi) is 7.87. The number of nitrogens with one attached hydrogen (secondary N) is 2. The number of aryl methyl sites for hydroxylation is 1. The van der Waals surface area contributed by atoms with Crippen molar-refractivity contribution in [2.45, 2.75) is 38.6 Å². The molecule has 1 atom stereocenters. The number of guanidine groups is 1. The number of carbonyl (C=O) groups excluding carboxylic acids is 1. The molecule has 1 aromatic rings. The molecular formula is C22H37N5O. The highest BCUT2D eigenvalue weighted by Crippen LogP contribution is 2.38.